The zero-order chi connectivity index (χ0) is 15.7. The molecule has 116 valence electrons. The number of rotatable bonds is 1. The smallest absolute Gasteiger partial charge is 0.410 e. The van der Waals surface area contributed by atoms with Crippen molar-refractivity contribution in [1.29, 1.82) is 0 Å². The molecule has 1 fully saturated rings. The topological polar surface area (TPSA) is 41.6 Å². The normalized spacial score (nSPS) is 23.0. The quantitative estimate of drug-likeness (QED) is 0.838. The molecule has 0 unspecified atom stereocenters. The number of nitrogens with zero attached hydrogens (tertiary/aromatic N) is 1. The highest BCUT2D eigenvalue weighted by atomic mass is 79.9. The molecule has 0 spiro atoms. The predicted molar refractivity (Wildman–Crippen MR) is 87.3 cm³/mol. The molecule has 1 N–H and O–H groups in total. The van der Waals surface area contributed by atoms with Crippen LogP contribution in [0.15, 0.2) is 28.7 Å². The Balaban J connectivity index is 2.12. The van der Waals surface area contributed by atoms with E-state index in [4.69, 9.17) is 4.74 Å². The van der Waals surface area contributed by atoms with E-state index in [1.165, 1.54) is 5.56 Å². The number of piperazine rings is 1. The number of benzene rings is 1. The van der Waals surface area contributed by atoms with Crippen molar-refractivity contribution in [2.75, 3.05) is 19.6 Å². The van der Waals surface area contributed by atoms with Crippen molar-refractivity contribution < 1.29 is 9.53 Å². The van der Waals surface area contributed by atoms with Crippen LogP contribution in [0.5, 0.6) is 0 Å². The average Bonchev–Trinajstić information content (AvgIpc) is 2.37. The van der Waals surface area contributed by atoms with Gasteiger partial charge in [0.15, 0.2) is 0 Å². The van der Waals surface area contributed by atoms with Gasteiger partial charge in [-0.15, -0.1) is 0 Å². The van der Waals surface area contributed by atoms with E-state index in [9.17, 15) is 4.79 Å². The van der Waals surface area contributed by atoms with Crippen LogP contribution < -0.4 is 5.32 Å². The Morgan fingerprint density at radius 3 is 2.52 bits per heavy atom. The minimum absolute atomic E-state index is 0.243. The molecule has 1 aliphatic rings. The largest absolute Gasteiger partial charge is 0.444 e. The Kier molecular flexibility index (Phi) is 4.63. The van der Waals surface area contributed by atoms with Gasteiger partial charge in [-0.3, -0.25) is 0 Å². The highest BCUT2D eigenvalue weighted by Crippen LogP contribution is 2.26. The van der Waals surface area contributed by atoms with Crippen LogP contribution >= 0.6 is 15.9 Å². The summed E-state index contributed by atoms with van der Waals surface area (Å²) in [6.45, 7) is 9.81. The fourth-order valence-corrected chi connectivity index (χ4v) is 2.74. The minimum atomic E-state index is -0.462. The number of hydrogen-bond donors (Lipinski definition) is 1. The Labute approximate surface area is 135 Å². The first-order valence-corrected chi connectivity index (χ1v) is 7.98. The van der Waals surface area contributed by atoms with Crippen LogP contribution in [-0.4, -0.2) is 36.2 Å². The number of amides is 1. The second-order valence-electron chi connectivity index (χ2n) is 6.67. The van der Waals surface area contributed by atoms with E-state index in [1.807, 2.05) is 32.9 Å². The summed E-state index contributed by atoms with van der Waals surface area (Å²) in [5.74, 6) is 0. The fourth-order valence-electron chi connectivity index (χ4n) is 2.48. The lowest BCUT2D eigenvalue weighted by atomic mass is 9.90. The number of carbonyl (C=O) groups is 1. The third kappa shape index (κ3) is 4.20. The summed E-state index contributed by atoms with van der Waals surface area (Å²) in [7, 11) is 0. The van der Waals surface area contributed by atoms with Gasteiger partial charge in [-0.25, -0.2) is 4.79 Å². The number of carbonyl (C=O) groups excluding carboxylic acids is 1. The molecular weight excluding hydrogens is 332 g/mol. The van der Waals surface area contributed by atoms with Gasteiger partial charge in [0, 0.05) is 24.1 Å². The minimum Gasteiger partial charge on any atom is -0.444 e. The molecule has 1 aromatic rings. The van der Waals surface area contributed by atoms with Crippen molar-refractivity contribution in [2.24, 2.45) is 0 Å². The van der Waals surface area contributed by atoms with Crippen molar-refractivity contribution in [3.63, 3.8) is 0 Å². The first-order valence-electron chi connectivity index (χ1n) is 7.19. The molecule has 0 bridgehead atoms. The summed E-state index contributed by atoms with van der Waals surface area (Å²) < 4.78 is 6.53. The summed E-state index contributed by atoms with van der Waals surface area (Å²) >= 11 is 3.45. The fraction of sp³-hybridized carbons (Fsp3) is 0.562. The number of hydrogen-bond acceptors (Lipinski definition) is 3. The maximum Gasteiger partial charge on any atom is 0.410 e. The standard InChI is InChI=1S/C16H23BrN2O2/c1-15(2,3)21-14(20)19-10-9-18-16(4,11-19)12-5-7-13(17)8-6-12/h5-8,18H,9-11H2,1-4H3/t16-/m1/s1. The molecule has 1 aromatic carbocycles. The summed E-state index contributed by atoms with van der Waals surface area (Å²) in [5.41, 5.74) is 0.449. The summed E-state index contributed by atoms with van der Waals surface area (Å²) in [6, 6.07) is 8.20. The number of halogens is 1. The van der Waals surface area contributed by atoms with Crippen LogP contribution in [0, 0.1) is 0 Å². The molecule has 4 nitrogen and oxygen atoms in total. The van der Waals surface area contributed by atoms with Gasteiger partial charge in [0.05, 0.1) is 5.54 Å². The second kappa shape index (κ2) is 5.97. The monoisotopic (exact) mass is 354 g/mol. The lowest BCUT2D eigenvalue weighted by Gasteiger charge is -2.42. The van der Waals surface area contributed by atoms with E-state index >= 15 is 0 Å². The molecular formula is C16H23BrN2O2. The third-order valence-corrected chi connectivity index (χ3v) is 4.07. The Morgan fingerprint density at radius 1 is 1.33 bits per heavy atom. The highest BCUT2D eigenvalue weighted by Gasteiger charge is 2.35. The van der Waals surface area contributed by atoms with Crippen LogP contribution in [0.3, 0.4) is 0 Å². The lowest BCUT2D eigenvalue weighted by molar-refractivity contribution is 0.0133. The first-order chi connectivity index (χ1) is 9.70. The van der Waals surface area contributed by atoms with Crippen LogP contribution in [-0.2, 0) is 10.3 Å². The van der Waals surface area contributed by atoms with E-state index < -0.39 is 5.60 Å². The molecule has 1 amide bonds. The highest BCUT2D eigenvalue weighted by molar-refractivity contribution is 9.10. The first kappa shape index (κ1) is 16.3. The molecule has 1 aliphatic heterocycles. The van der Waals surface area contributed by atoms with Gasteiger partial charge >= 0.3 is 6.09 Å². The zero-order valence-electron chi connectivity index (χ0n) is 13.1. The van der Waals surface area contributed by atoms with Crippen LogP contribution in [0.4, 0.5) is 4.79 Å². The van der Waals surface area contributed by atoms with Crippen LogP contribution in [0.2, 0.25) is 0 Å². The van der Waals surface area contributed by atoms with Crippen molar-refractivity contribution in [3.8, 4) is 0 Å². The van der Waals surface area contributed by atoms with Crippen molar-refractivity contribution in [1.82, 2.24) is 10.2 Å². The molecule has 0 saturated carbocycles. The summed E-state index contributed by atoms with van der Waals surface area (Å²) in [6.07, 6.45) is -0.243. The van der Waals surface area contributed by atoms with Crippen LogP contribution in [0.25, 0.3) is 0 Å². The lowest BCUT2D eigenvalue weighted by Crippen LogP contribution is -2.58. The van der Waals surface area contributed by atoms with E-state index in [1.54, 1.807) is 4.90 Å². The van der Waals surface area contributed by atoms with E-state index in [0.717, 1.165) is 11.0 Å². The van der Waals surface area contributed by atoms with Gasteiger partial charge in [0.2, 0.25) is 0 Å². The molecule has 1 heterocycles. The predicted octanol–water partition coefficient (Wildman–Crippen LogP) is 3.50. The van der Waals surface area contributed by atoms with Crippen molar-refractivity contribution in [3.05, 3.63) is 34.3 Å². The SMILES string of the molecule is CC(C)(C)OC(=O)N1CCN[C@@](C)(c2ccc(Br)cc2)C1. The maximum absolute atomic E-state index is 12.3. The van der Waals surface area contributed by atoms with Gasteiger partial charge in [-0.05, 0) is 45.4 Å². The maximum atomic E-state index is 12.3. The Bertz CT molecular complexity index is 510. The molecule has 0 radical (unpaired) electrons. The molecule has 2 rings (SSSR count). The van der Waals surface area contributed by atoms with E-state index in [0.29, 0.717) is 13.1 Å². The van der Waals surface area contributed by atoms with Crippen molar-refractivity contribution in [2.45, 2.75) is 38.8 Å². The van der Waals surface area contributed by atoms with E-state index in [-0.39, 0.29) is 11.6 Å². The third-order valence-electron chi connectivity index (χ3n) is 3.54. The Morgan fingerprint density at radius 2 is 1.95 bits per heavy atom. The molecule has 5 heteroatoms. The second-order valence-corrected chi connectivity index (χ2v) is 7.58. The zero-order valence-corrected chi connectivity index (χ0v) is 14.7. The average molecular weight is 355 g/mol. The van der Waals surface area contributed by atoms with E-state index in [2.05, 4.69) is 40.3 Å². The summed E-state index contributed by atoms with van der Waals surface area (Å²) in [5, 5.41) is 3.51. The summed E-state index contributed by atoms with van der Waals surface area (Å²) in [4.78, 5) is 14.0. The molecule has 1 atom stereocenters. The molecule has 0 aliphatic carbocycles. The van der Waals surface area contributed by atoms with Gasteiger partial charge < -0.3 is 15.0 Å². The van der Waals surface area contributed by atoms with Crippen molar-refractivity contribution >= 4 is 22.0 Å². The molecule has 1 saturated heterocycles. The van der Waals surface area contributed by atoms with Crippen LogP contribution in [0.1, 0.15) is 33.3 Å². The van der Waals surface area contributed by atoms with Gasteiger partial charge in [0.1, 0.15) is 5.60 Å². The molecule has 0 aromatic heterocycles. The van der Waals surface area contributed by atoms with Gasteiger partial charge in [0.25, 0.3) is 0 Å². The number of ether oxygens (including phenoxy) is 1. The number of nitrogens with one attached hydrogen (secondary N) is 1. The Hall–Kier alpha value is -1.07. The van der Waals surface area contributed by atoms with Gasteiger partial charge in [-0.2, -0.15) is 0 Å². The molecule has 21 heavy (non-hydrogen) atoms. The van der Waals surface area contributed by atoms with Gasteiger partial charge in [-0.1, -0.05) is 28.1 Å².